The molecule has 0 aliphatic heterocycles. The van der Waals surface area contributed by atoms with Gasteiger partial charge in [-0.3, -0.25) is 4.79 Å². The fourth-order valence-corrected chi connectivity index (χ4v) is 3.28. The number of nitrogens with one attached hydrogen (secondary N) is 1. The third-order valence-electron chi connectivity index (χ3n) is 4.94. The maximum absolute atomic E-state index is 12.6. The average Bonchev–Trinajstić information content (AvgIpc) is 2.89. The van der Waals surface area contributed by atoms with E-state index < -0.39 is 12.1 Å². The van der Waals surface area contributed by atoms with E-state index in [4.69, 9.17) is 14.2 Å². The van der Waals surface area contributed by atoms with E-state index in [2.05, 4.69) is 5.32 Å². The highest BCUT2D eigenvalue weighted by atomic mass is 16.5. The average molecular weight is 458 g/mol. The van der Waals surface area contributed by atoms with Crippen molar-refractivity contribution in [2.75, 3.05) is 20.8 Å². The van der Waals surface area contributed by atoms with Gasteiger partial charge in [0.25, 0.3) is 0 Å². The molecule has 0 aliphatic carbocycles. The summed E-state index contributed by atoms with van der Waals surface area (Å²) >= 11 is 0. The predicted molar refractivity (Wildman–Crippen MR) is 132 cm³/mol. The molecule has 0 bridgehead atoms. The minimum absolute atomic E-state index is 0.0480. The van der Waals surface area contributed by atoms with Crippen molar-refractivity contribution < 1.29 is 23.8 Å². The molecule has 0 spiro atoms. The summed E-state index contributed by atoms with van der Waals surface area (Å²) in [6.07, 6.45) is 5.37. The van der Waals surface area contributed by atoms with Gasteiger partial charge in [0, 0.05) is 17.7 Å². The highest BCUT2D eigenvalue weighted by Crippen LogP contribution is 2.36. The van der Waals surface area contributed by atoms with Crippen LogP contribution in [0.1, 0.15) is 22.8 Å². The van der Waals surface area contributed by atoms with E-state index in [9.17, 15) is 9.59 Å². The summed E-state index contributed by atoms with van der Waals surface area (Å²) in [5.41, 5.74) is 2.35. The van der Waals surface area contributed by atoms with Crippen molar-refractivity contribution in [2.24, 2.45) is 0 Å². The third kappa shape index (κ3) is 7.10. The Morgan fingerprint density at radius 3 is 2.00 bits per heavy atom. The van der Waals surface area contributed by atoms with Crippen LogP contribution in [-0.2, 0) is 14.3 Å². The molecule has 3 aromatic rings. The standard InChI is InChI=1S/C28H27NO5/c1-32-24-15-9-14-23(28(24)33-2)25(34-27(31)19-17-22-12-7-4-8-13-22)20-29-26(30)18-16-21-10-5-3-6-11-21/h3-19,25H,20H2,1-2H3,(H,29,30)/b18-16+,19-17+/t25-/m0/s1. The molecule has 1 amide bonds. The van der Waals surface area contributed by atoms with Crippen molar-refractivity contribution >= 4 is 24.0 Å². The molecule has 0 fully saturated rings. The largest absolute Gasteiger partial charge is 0.493 e. The normalized spacial score (nSPS) is 11.8. The summed E-state index contributed by atoms with van der Waals surface area (Å²) in [5, 5.41) is 2.80. The summed E-state index contributed by atoms with van der Waals surface area (Å²) in [7, 11) is 3.04. The number of carbonyl (C=O) groups is 2. The molecule has 0 heterocycles. The topological polar surface area (TPSA) is 73.9 Å². The van der Waals surface area contributed by atoms with Crippen LogP contribution >= 0.6 is 0 Å². The number of esters is 1. The first-order valence-corrected chi connectivity index (χ1v) is 10.8. The minimum Gasteiger partial charge on any atom is -0.493 e. The van der Waals surface area contributed by atoms with E-state index in [-0.39, 0.29) is 12.5 Å². The molecule has 0 saturated heterocycles. The van der Waals surface area contributed by atoms with Crippen molar-refractivity contribution in [3.8, 4) is 11.5 Å². The van der Waals surface area contributed by atoms with Gasteiger partial charge in [0.1, 0.15) is 6.10 Å². The zero-order chi connectivity index (χ0) is 24.2. The van der Waals surface area contributed by atoms with Gasteiger partial charge >= 0.3 is 5.97 Å². The molecule has 3 aromatic carbocycles. The third-order valence-corrected chi connectivity index (χ3v) is 4.94. The maximum atomic E-state index is 12.6. The number of methoxy groups -OCH3 is 2. The fourth-order valence-electron chi connectivity index (χ4n) is 3.28. The van der Waals surface area contributed by atoms with Gasteiger partial charge < -0.3 is 19.5 Å². The zero-order valence-electron chi connectivity index (χ0n) is 19.1. The zero-order valence-corrected chi connectivity index (χ0v) is 19.1. The summed E-state index contributed by atoms with van der Waals surface area (Å²) < 4.78 is 16.6. The number of carbonyl (C=O) groups excluding carboxylic acids is 2. The summed E-state index contributed by atoms with van der Waals surface area (Å²) in [6.45, 7) is 0.0480. The molecule has 1 atom stereocenters. The van der Waals surface area contributed by atoms with Crippen LogP contribution < -0.4 is 14.8 Å². The van der Waals surface area contributed by atoms with E-state index in [0.29, 0.717) is 17.1 Å². The van der Waals surface area contributed by atoms with E-state index in [1.165, 1.54) is 26.4 Å². The van der Waals surface area contributed by atoms with Crippen LogP contribution in [0.2, 0.25) is 0 Å². The van der Waals surface area contributed by atoms with E-state index in [0.717, 1.165) is 11.1 Å². The first-order valence-electron chi connectivity index (χ1n) is 10.8. The van der Waals surface area contributed by atoms with Gasteiger partial charge in [0.2, 0.25) is 5.91 Å². The first kappa shape index (κ1) is 24.3. The second-order valence-corrected chi connectivity index (χ2v) is 7.24. The van der Waals surface area contributed by atoms with Crippen molar-refractivity contribution in [3.05, 3.63) is 108 Å². The van der Waals surface area contributed by atoms with Crippen LogP contribution in [0.4, 0.5) is 0 Å². The summed E-state index contributed by atoms with van der Waals surface area (Å²) in [6, 6.07) is 24.2. The Morgan fingerprint density at radius 2 is 1.41 bits per heavy atom. The molecule has 34 heavy (non-hydrogen) atoms. The van der Waals surface area contributed by atoms with Crippen LogP contribution in [0.3, 0.4) is 0 Å². The molecular weight excluding hydrogens is 430 g/mol. The summed E-state index contributed by atoms with van der Waals surface area (Å²) in [5.74, 6) is 0.0690. The molecule has 0 aromatic heterocycles. The number of hydrogen-bond acceptors (Lipinski definition) is 5. The fraction of sp³-hybridized carbons (Fsp3) is 0.143. The molecule has 6 heteroatoms. The van der Waals surface area contributed by atoms with E-state index in [1.807, 2.05) is 60.7 Å². The van der Waals surface area contributed by atoms with Gasteiger partial charge in [-0.15, -0.1) is 0 Å². The van der Waals surface area contributed by atoms with Crippen LogP contribution in [0.15, 0.2) is 91.0 Å². The smallest absolute Gasteiger partial charge is 0.331 e. The number of para-hydroxylation sites is 1. The molecule has 6 nitrogen and oxygen atoms in total. The van der Waals surface area contributed by atoms with Gasteiger partial charge in [-0.2, -0.15) is 0 Å². The monoisotopic (exact) mass is 457 g/mol. The van der Waals surface area contributed by atoms with E-state index >= 15 is 0 Å². The molecular formula is C28H27NO5. The van der Waals surface area contributed by atoms with Gasteiger partial charge in [0.15, 0.2) is 11.5 Å². The molecule has 1 N–H and O–H groups in total. The SMILES string of the molecule is COc1cccc([C@H](CNC(=O)/C=C/c2ccccc2)OC(=O)/C=C/c2ccccc2)c1OC. The lowest BCUT2D eigenvalue weighted by molar-refractivity contribution is -0.143. The van der Waals surface area contributed by atoms with Crippen molar-refractivity contribution in [1.29, 1.82) is 0 Å². The van der Waals surface area contributed by atoms with Crippen LogP contribution in [-0.4, -0.2) is 32.6 Å². The lowest BCUT2D eigenvalue weighted by Gasteiger charge is -2.21. The maximum Gasteiger partial charge on any atom is 0.331 e. The first-order chi connectivity index (χ1) is 16.6. The number of ether oxygens (including phenoxy) is 3. The van der Waals surface area contributed by atoms with Gasteiger partial charge in [-0.25, -0.2) is 4.79 Å². The Kier molecular flexibility index (Phi) is 9.05. The molecule has 0 saturated carbocycles. The number of benzene rings is 3. The molecule has 0 aliphatic rings. The van der Waals surface area contributed by atoms with Crippen LogP contribution in [0.5, 0.6) is 11.5 Å². The lowest BCUT2D eigenvalue weighted by Crippen LogP contribution is -2.29. The Bertz CT molecular complexity index is 1140. The highest BCUT2D eigenvalue weighted by Gasteiger charge is 2.23. The van der Waals surface area contributed by atoms with Gasteiger partial charge in [0.05, 0.1) is 20.8 Å². The predicted octanol–water partition coefficient (Wildman–Crippen LogP) is 4.83. The molecule has 0 unspecified atom stereocenters. The van der Waals surface area contributed by atoms with Gasteiger partial charge in [-0.05, 0) is 29.3 Å². The Hall–Kier alpha value is -4.32. The van der Waals surface area contributed by atoms with Gasteiger partial charge in [-0.1, -0.05) is 72.8 Å². The van der Waals surface area contributed by atoms with Crippen molar-refractivity contribution in [2.45, 2.75) is 6.10 Å². The number of amides is 1. The highest BCUT2D eigenvalue weighted by molar-refractivity contribution is 5.91. The second-order valence-electron chi connectivity index (χ2n) is 7.24. The Labute approximate surface area is 199 Å². The Balaban J connectivity index is 1.76. The van der Waals surface area contributed by atoms with E-state index in [1.54, 1.807) is 30.4 Å². The number of hydrogen-bond donors (Lipinski definition) is 1. The van der Waals surface area contributed by atoms with Crippen LogP contribution in [0.25, 0.3) is 12.2 Å². The Morgan fingerprint density at radius 1 is 0.794 bits per heavy atom. The molecule has 0 radical (unpaired) electrons. The van der Waals surface area contributed by atoms with Crippen LogP contribution in [0, 0.1) is 0 Å². The van der Waals surface area contributed by atoms with Crippen molar-refractivity contribution in [1.82, 2.24) is 5.32 Å². The second kappa shape index (κ2) is 12.6. The summed E-state index contributed by atoms with van der Waals surface area (Å²) in [4.78, 5) is 25.0. The molecule has 3 rings (SSSR count). The minimum atomic E-state index is -0.799. The quantitative estimate of drug-likeness (QED) is 0.349. The van der Waals surface area contributed by atoms with Crippen molar-refractivity contribution in [3.63, 3.8) is 0 Å². The molecule has 174 valence electrons. The lowest BCUT2D eigenvalue weighted by atomic mass is 10.1. The number of rotatable bonds is 10.